The zero-order chi connectivity index (χ0) is 20.6. The molecule has 1 heterocycles. The minimum absolute atomic E-state index is 0.520. The number of aromatic nitrogens is 1. The number of benzene rings is 2. The molecule has 29 heavy (non-hydrogen) atoms. The second-order valence-corrected chi connectivity index (χ2v) is 6.87. The highest BCUT2D eigenvalue weighted by Gasteiger charge is 2.08. The number of ether oxygens (including phenoxy) is 1. The summed E-state index contributed by atoms with van der Waals surface area (Å²) in [6, 6.07) is 14.3. The number of oxazole rings is 1. The van der Waals surface area contributed by atoms with Gasteiger partial charge in [-0.2, -0.15) is 0 Å². The monoisotopic (exact) mass is 392 g/mol. The summed E-state index contributed by atoms with van der Waals surface area (Å²) in [5.74, 6) is 2.19. The van der Waals surface area contributed by atoms with Crippen LogP contribution in [0, 0.1) is 13.8 Å². The van der Waals surface area contributed by atoms with Crippen molar-refractivity contribution >= 4 is 5.96 Å². The third kappa shape index (κ3) is 5.60. The number of nitrogens with zero attached hydrogens (tertiary/aromatic N) is 2. The largest absolute Gasteiger partial charge is 0.496 e. The highest BCUT2D eigenvalue weighted by Crippen LogP contribution is 2.21. The van der Waals surface area contributed by atoms with Crippen molar-refractivity contribution in [1.29, 1.82) is 0 Å². The van der Waals surface area contributed by atoms with Crippen LogP contribution in [0.3, 0.4) is 0 Å². The summed E-state index contributed by atoms with van der Waals surface area (Å²) in [5.41, 5.74) is 5.19. The first-order valence-corrected chi connectivity index (χ1v) is 9.76. The average Bonchev–Trinajstić information content (AvgIpc) is 3.20. The van der Waals surface area contributed by atoms with Gasteiger partial charge in [-0.15, -0.1) is 0 Å². The third-order valence-corrected chi connectivity index (χ3v) is 4.48. The summed E-state index contributed by atoms with van der Waals surface area (Å²) in [6.07, 6.45) is 1.68. The predicted molar refractivity (Wildman–Crippen MR) is 116 cm³/mol. The summed E-state index contributed by atoms with van der Waals surface area (Å²) >= 11 is 0. The minimum Gasteiger partial charge on any atom is -0.496 e. The van der Waals surface area contributed by atoms with Gasteiger partial charge in [-0.25, -0.2) is 9.98 Å². The van der Waals surface area contributed by atoms with Crippen molar-refractivity contribution in [3.05, 3.63) is 71.1 Å². The standard InChI is InChI=1S/C23H28N4O2/c1-5-24-23(25-13-19-11-8-17(3)12-21(19)28-4)26-14-20-15-29-22(27-20)18-9-6-16(2)7-10-18/h6-12,15H,5,13-14H2,1-4H3,(H2,24,25,26). The van der Waals surface area contributed by atoms with E-state index in [1.165, 1.54) is 5.56 Å². The van der Waals surface area contributed by atoms with Gasteiger partial charge in [0.25, 0.3) is 0 Å². The van der Waals surface area contributed by atoms with Gasteiger partial charge in [-0.1, -0.05) is 29.8 Å². The molecule has 0 radical (unpaired) electrons. The van der Waals surface area contributed by atoms with Crippen molar-refractivity contribution in [1.82, 2.24) is 15.6 Å². The Balaban J connectivity index is 1.65. The van der Waals surface area contributed by atoms with Crippen LogP contribution < -0.4 is 15.4 Å². The zero-order valence-electron chi connectivity index (χ0n) is 17.5. The van der Waals surface area contributed by atoms with Crippen molar-refractivity contribution in [2.75, 3.05) is 13.7 Å². The molecule has 2 aromatic carbocycles. The summed E-state index contributed by atoms with van der Waals surface area (Å²) in [6.45, 7) is 7.95. The van der Waals surface area contributed by atoms with Gasteiger partial charge in [0.15, 0.2) is 5.96 Å². The molecule has 6 nitrogen and oxygen atoms in total. The van der Waals surface area contributed by atoms with Gasteiger partial charge < -0.3 is 19.8 Å². The number of aliphatic imine (C=N–C) groups is 1. The molecule has 0 fully saturated rings. The Hall–Kier alpha value is -3.28. The van der Waals surface area contributed by atoms with Gasteiger partial charge in [-0.05, 0) is 44.5 Å². The van der Waals surface area contributed by atoms with E-state index in [-0.39, 0.29) is 0 Å². The van der Waals surface area contributed by atoms with Crippen molar-refractivity contribution in [3.8, 4) is 17.2 Å². The molecular weight excluding hydrogens is 364 g/mol. The fourth-order valence-corrected chi connectivity index (χ4v) is 2.88. The first-order chi connectivity index (χ1) is 14.1. The van der Waals surface area contributed by atoms with Crippen LogP contribution in [0.1, 0.15) is 29.3 Å². The minimum atomic E-state index is 0.520. The molecule has 2 N–H and O–H groups in total. The molecule has 152 valence electrons. The lowest BCUT2D eigenvalue weighted by Crippen LogP contribution is -2.36. The van der Waals surface area contributed by atoms with E-state index >= 15 is 0 Å². The predicted octanol–water partition coefficient (Wildman–Crippen LogP) is 4.22. The first kappa shape index (κ1) is 20.5. The van der Waals surface area contributed by atoms with Gasteiger partial charge >= 0.3 is 0 Å². The maximum Gasteiger partial charge on any atom is 0.226 e. The molecule has 0 bridgehead atoms. The molecule has 3 rings (SSSR count). The summed E-state index contributed by atoms with van der Waals surface area (Å²) in [5, 5.41) is 6.56. The molecular formula is C23H28N4O2. The quantitative estimate of drug-likeness (QED) is 0.465. The van der Waals surface area contributed by atoms with Crippen LogP contribution in [-0.2, 0) is 13.1 Å². The number of methoxy groups -OCH3 is 1. The van der Waals surface area contributed by atoms with Crippen molar-refractivity contribution in [3.63, 3.8) is 0 Å². The molecule has 0 saturated heterocycles. The van der Waals surface area contributed by atoms with E-state index < -0.39 is 0 Å². The molecule has 0 aliphatic carbocycles. The molecule has 0 atom stereocenters. The van der Waals surface area contributed by atoms with Crippen LogP contribution in [0.5, 0.6) is 5.75 Å². The first-order valence-electron chi connectivity index (χ1n) is 9.76. The summed E-state index contributed by atoms with van der Waals surface area (Å²) in [4.78, 5) is 9.23. The van der Waals surface area contributed by atoms with E-state index in [4.69, 9.17) is 9.15 Å². The Labute approximate surface area is 172 Å². The number of nitrogens with one attached hydrogen (secondary N) is 2. The molecule has 1 aromatic heterocycles. The van der Waals surface area contributed by atoms with Gasteiger partial charge in [-0.3, -0.25) is 0 Å². The lowest BCUT2D eigenvalue weighted by Gasteiger charge is -2.11. The maximum absolute atomic E-state index is 5.63. The van der Waals surface area contributed by atoms with Gasteiger partial charge in [0.05, 0.1) is 25.9 Å². The second-order valence-electron chi connectivity index (χ2n) is 6.87. The molecule has 0 aliphatic heterocycles. The Morgan fingerprint density at radius 3 is 2.55 bits per heavy atom. The van der Waals surface area contributed by atoms with Crippen LogP contribution >= 0.6 is 0 Å². The average molecular weight is 393 g/mol. The highest BCUT2D eigenvalue weighted by molar-refractivity contribution is 5.79. The van der Waals surface area contributed by atoms with Crippen LogP contribution in [0.25, 0.3) is 11.5 Å². The normalized spacial score (nSPS) is 11.4. The zero-order valence-corrected chi connectivity index (χ0v) is 17.5. The van der Waals surface area contributed by atoms with Gasteiger partial charge in [0.2, 0.25) is 5.89 Å². The van der Waals surface area contributed by atoms with E-state index in [9.17, 15) is 0 Å². The van der Waals surface area contributed by atoms with E-state index in [2.05, 4.69) is 33.6 Å². The van der Waals surface area contributed by atoms with E-state index in [1.54, 1.807) is 13.4 Å². The second kappa shape index (κ2) is 9.78. The molecule has 0 spiro atoms. The molecule has 0 unspecified atom stereocenters. The fourth-order valence-electron chi connectivity index (χ4n) is 2.88. The number of hydrogen-bond donors (Lipinski definition) is 2. The number of hydrogen-bond acceptors (Lipinski definition) is 4. The van der Waals surface area contributed by atoms with E-state index in [1.807, 2.05) is 50.2 Å². The topological polar surface area (TPSA) is 71.7 Å². The van der Waals surface area contributed by atoms with Crippen LogP contribution in [-0.4, -0.2) is 24.6 Å². The van der Waals surface area contributed by atoms with Gasteiger partial charge in [0.1, 0.15) is 12.0 Å². The maximum atomic E-state index is 5.63. The van der Waals surface area contributed by atoms with Crippen molar-refractivity contribution in [2.45, 2.75) is 33.9 Å². The van der Waals surface area contributed by atoms with Gasteiger partial charge in [0, 0.05) is 17.7 Å². The van der Waals surface area contributed by atoms with Crippen LogP contribution in [0.4, 0.5) is 0 Å². The molecule has 6 heteroatoms. The van der Waals surface area contributed by atoms with Crippen molar-refractivity contribution < 1.29 is 9.15 Å². The Morgan fingerprint density at radius 1 is 1.07 bits per heavy atom. The molecule has 0 saturated carbocycles. The van der Waals surface area contributed by atoms with Crippen LogP contribution in [0.2, 0.25) is 0 Å². The smallest absolute Gasteiger partial charge is 0.226 e. The Morgan fingerprint density at radius 2 is 1.83 bits per heavy atom. The van der Waals surface area contributed by atoms with Crippen molar-refractivity contribution in [2.24, 2.45) is 4.99 Å². The number of aryl methyl sites for hydroxylation is 2. The highest BCUT2D eigenvalue weighted by atomic mass is 16.5. The lowest BCUT2D eigenvalue weighted by atomic mass is 10.1. The summed E-state index contributed by atoms with van der Waals surface area (Å²) < 4.78 is 11.1. The van der Waals surface area contributed by atoms with Crippen LogP contribution in [0.15, 0.2) is 58.1 Å². The number of guanidine groups is 1. The SMILES string of the molecule is CCNC(=NCc1ccc(C)cc1OC)NCc1coc(-c2ccc(C)cc2)n1. The molecule has 3 aromatic rings. The third-order valence-electron chi connectivity index (χ3n) is 4.48. The lowest BCUT2D eigenvalue weighted by molar-refractivity contribution is 0.409. The molecule has 0 amide bonds. The number of rotatable bonds is 7. The Bertz CT molecular complexity index is 961. The fraction of sp³-hybridized carbons (Fsp3) is 0.304. The summed E-state index contributed by atoms with van der Waals surface area (Å²) in [7, 11) is 1.68. The van der Waals surface area contributed by atoms with E-state index in [0.717, 1.165) is 40.6 Å². The molecule has 0 aliphatic rings. The Kier molecular flexibility index (Phi) is 6.89. The van der Waals surface area contributed by atoms with E-state index in [0.29, 0.717) is 19.0 Å².